The van der Waals surface area contributed by atoms with Crippen molar-refractivity contribution in [3.05, 3.63) is 28.8 Å². The van der Waals surface area contributed by atoms with Gasteiger partial charge >= 0.3 is 0 Å². The van der Waals surface area contributed by atoms with Crippen LogP contribution in [0.3, 0.4) is 0 Å². The fraction of sp³-hybridized carbons (Fsp3) is 0.300. The molecule has 0 aromatic heterocycles. The van der Waals surface area contributed by atoms with Crippen LogP contribution in [-0.4, -0.2) is 6.54 Å². The summed E-state index contributed by atoms with van der Waals surface area (Å²) in [7, 11) is 0. The van der Waals surface area contributed by atoms with Gasteiger partial charge in [0.25, 0.3) is 0 Å². The molecule has 0 saturated heterocycles. The number of nitriles is 1. The third-order valence-electron chi connectivity index (χ3n) is 1.77. The van der Waals surface area contributed by atoms with Crippen molar-refractivity contribution in [3.8, 4) is 6.07 Å². The van der Waals surface area contributed by atoms with E-state index < -0.39 is 11.6 Å². The standard InChI is InChI=1S/C10H9ClF2N2/c11-8-5-7(12)6-9(13)10(8)15-4-2-1-3-14/h5-6,15H,1-2,4H2. The van der Waals surface area contributed by atoms with E-state index in [1.54, 1.807) is 0 Å². The predicted octanol–water partition coefficient (Wildman–Crippen LogP) is 3.33. The van der Waals surface area contributed by atoms with Crippen LogP contribution in [-0.2, 0) is 0 Å². The van der Waals surface area contributed by atoms with Crippen molar-refractivity contribution in [1.29, 1.82) is 5.26 Å². The molecule has 0 saturated carbocycles. The largest absolute Gasteiger partial charge is 0.381 e. The molecule has 0 fully saturated rings. The average Bonchev–Trinajstić information content (AvgIpc) is 2.15. The molecule has 15 heavy (non-hydrogen) atoms. The number of hydrogen-bond donors (Lipinski definition) is 1. The van der Waals surface area contributed by atoms with E-state index >= 15 is 0 Å². The van der Waals surface area contributed by atoms with Crippen LogP contribution >= 0.6 is 11.6 Å². The topological polar surface area (TPSA) is 35.8 Å². The molecule has 1 N–H and O–H groups in total. The Morgan fingerprint density at radius 2 is 2.13 bits per heavy atom. The van der Waals surface area contributed by atoms with Gasteiger partial charge in [0.15, 0.2) is 5.82 Å². The summed E-state index contributed by atoms with van der Waals surface area (Å²) in [5.41, 5.74) is 0.0796. The van der Waals surface area contributed by atoms with Crippen LogP contribution in [0.1, 0.15) is 12.8 Å². The van der Waals surface area contributed by atoms with Crippen LogP contribution in [0.25, 0.3) is 0 Å². The van der Waals surface area contributed by atoms with E-state index in [2.05, 4.69) is 5.32 Å². The minimum atomic E-state index is -0.725. The fourth-order valence-corrected chi connectivity index (χ4v) is 1.35. The molecule has 0 radical (unpaired) electrons. The molecule has 80 valence electrons. The summed E-state index contributed by atoms with van der Waals surface area (Å²) < 4.78 is 25.8. The quantitative estimate of drug-likeness (QED) is 0.806. The van der Waals surface area contributed by atoms with Crippen molar-refractivity contribution in [2.75, 3.05) is 11.9 Å². The zero-order valence-corrected chi connectivity index (χ0v) is 8.61. The normalized spacial score (nSPS) is 9.73. The Morgan fingerprint density at radius 3 is 2.73 bits per heavy atom. The first-order chi connectivity index (χ1) is 7.15. The van der Waals surface area contributed by atoms with E-state index in [4.69, 9.17) is 16.9 Å². The van der Waals surface area contributed by atoms with Crippen molar-refractivity contribution in [2.45, 2.75) is 12.8 Å². The molecule has 1 aromatic carbocycles. The number of benzene rings is 1. The van der Waals surface area contributed by atoms with E-state index in [0.29, 0.717) is 19.4 Å². The van der Waals surface area contributed by atoms with Gasteiger partial charge in [0, 0.05) is 19.0 Å². The van der Waals surface area contributed by atoms with Gasteiger partial charge in [-0.3, -0.25) is 0 Å². The minimum absolute atomic E-state index is 0.00413. The van der Waals surface area contributed by atoms with Crippen molar-refractivity contribution in [1.82, 2.24) is 0 Å². The zero-order valence-electron chi connectivity index (χ0n) is 7.86. The van der Waals surface area contributed by atoms with Crippen LogP contribution in [0.2, 0.25) is 5.02 Å². The highest BCUT2D eigenvalue weighted by Crippen LogP contribution is 2.26. The molecule has 0 bridgehead atoms. The van der Waals surface area contributed by atoms with Crippen molar-refractivity contribution >= 4 is 17.3 Å². The van der Waals surface area contributed by atoms with Gasteiger partial charge in [0.2, 0.25) is 0 Å². The summed E-state index contributed by atoms with van der Waals surface area (Å²) in [5.74, 6) is -1.43. The van der Waals surface area contributed by atoms with Crippen molar-refractivity contribution in [2.24, 2.45) is 0 Å². The summed E-state index contributed by atoms with van der Waals surface area (Å²) in [5, 5.41) is 11.0. The Balaban J connectivity index is 2.65. The molecular formula is C10H9ClF2N2. The Morgan fingerprint density at radius 1 is 1.40 bits per heavy atom. The van der Waals surface area contributed by atoms with E-state index in [-0.39, 0.29) is 10.7 Å². The zero-order chi connectivity index (χ0) is 11.3. The van der Waals surface area contributed by atoms with E-state index in [9.17, 15) is 8.78 Å². The lowest BCUT2D eigenvalue weighted by molar-refractivity contribution is 0.585. The number of anilines is 1. The Labute approximate surface area is 91.5 Å². The predicted molar refractivity (Wildman–Crippen MR) is 54.7 cm³/mol. The number of nitrogens with one attached hydrogen (secondary N) is 1. The average molecular weight is 231 g/mol. The molecule has 0 atom stereocenters. The lowest BCUT2D eigenvalue weighted by Crippen LogP contribution is -2.04. The number of rotatable bonds is 4. The maximum absolute atomic E-state index is 13.2. The smallest absolute Gasteiger partial charge is 0.150 e. The van der Waals surface area contributed by atoms with E-state index in [0.717, 1.165) is 12.1 Å². The monoisotopic (exact) mass is 230 g/mol. The SMILES string of the molecule is N#CCCCNc1c(F)cc(F)cc1Cl. The first kappa shape index (κ1) is 11.7. The van der Waals surface area contributed by atoms with Crippen LogP contribution in [0.15, 0.2) is 12.1 Å². The summed E-state index contributed by atoms with van der Waals surface area (Å²) in [6.45, 7) is 0.426. The highest BCUT2D eigenvalue weighted by Gasteiger charge is 2.08. The van der Waals surface area contributed by atoms with Gasteiger partial charge in [0.05, 0.1) is 16.8 Å². The van der Waals surface area contributed by atoms with Gasteiger partial charge in [-0.25, -0.2) is 8.78 Å². The molecule has 0 amide bonds. The molecule has 2 nitrogen and oxygen atoms in total. The lowest BCUT2D eigenvalue weighted by atomic mass is 10.2. The molecule has 1 rings (SSSR count). The first-order valence-electron chi connectivity index (χ1n) is 4.40. The molecular weight excluding hydrogens is 222 g/mol. The van der Waals surface area contributed by atoms with Crippen LogP contribution < -0.4 is 5.32 Å². The number of halogens is 3. The maximum Gasteiger partial charge on any atom is 0.150 e. The second-order valence-corrected chi connectivity index (χ2v) is 3.34. The third-order valence-corrected chi connectivity index (χ3v) is 2.07. The summed E-state index contributed by atoms with van der Waals surface area (Å²) in [6.07, 6.45) is 0.969. The van der Waals surface area contributed by atoms with Gasteiger partial charge in [-0.15, -0.1) is 0 Å². The van der Waals surface area contributed by atoms with Crippen LogP contribution in [0.4, 0.5) is 14.5 Å². The molecule has 0 spiro atoms. The van der Waals surface area contributed by atoms with E-state index in [1.165, 1.54) is 0 Å². The molecule has 0 aliphatic rings. The second-order valence-electron chi connectivity index (χ2n) is 2.93. The van der Waals surface area contributed by atoms with Gasteiger partial charge in [-0.1, -0.05) is 11.6 Å². The highest BCUT2D eigenvalue weighted by molar-refractivity contribution is 6.33. The third kappa shape index (κ3) is 3.37. The fourth-order valence-electron chi connectivity index (χ4n) is 1.09. The molecule has 5 heteroatoms. The summed E-state index contributed by atoms with van der Waals surface area (Å²) in [4.78, 5) is 0. The van der Waals surface area contributed by atoms with Gasteiger partial charge < -0.3 is 5.32 Å². The second kappa shape index (κ2) is 5.52. The first-order valence-corrected chi connectivity index (χ1v) is 4.78. The van der Waals surface area contributed by atoms with Crippen molar-refractivity contribution in [3.63, 3.8) is 0 Å². The van der Waals surface area contributed by atoms with Crippen molar-refractivity contribution < 1.29 is 8.78 Å². The summed E-state index contributed by atoms with van der Waals surface area (Å²) in [6, 6.07) is 3.77. The molecule has 0 heterocycles. The van der Waals surface area contributed by atoms with Crippen LogP contribution in [0, 0.1) is 23.0 Å². The van der Waals surface area contributed by atoms with Gasteiger partial charge in [0.1, 0.15) is 5.82 Å². The molecule has 0 aliphatic heterocycles. The highest BCUT2D eigenvalue weighted by atomic mass is 35.5. The molecule has 0 aliphatic carbocycles. The Hall–Kier alpha value is -1.34. The Kier molecular flexibility index (Phi) is 4.32. The molecule has 0 unspecified atom stereocenters. The molecule has 1 aromatic rings. The summed E-state index contributed by atoms with van der Waals surface area (Å²) >= 11 is 5.64. The number of unbranched alkanes of at least 4 members (excludes halogenated alkanes) is 1. The van der Waals surface area contributed by atoms with Gasteiger partial charge in [-0.2, -0.15) is 5.26 Å². The van der Waals surface area contributed by atoms with Gasteiger partial charge in [-0.05, 0) is 12.5 Å². The van der Waals surface area contributed by atoms with E-state index in [1.807, 2.05) is 6.07 Å². The van der Waals surface area contributed by atoms with Crippen LogP contribution in [0.5, 0.6) is 0 Å². The number of nitrogens with zero attached hydrogens (tertiary/aromatic N) is 1. The Bertz CT molecular complexity index is 364. The minimum Gasteiger partial charge on any atom is -0.381 e. The number of hydrogen-bond acceptors (Lipinski definition) is 2. The lowest BCUT2D eigenvalue weighted by Gasteiger charge is -2.08. The maximum atomic E-state index is 13.2.